The summed E-state index contributed by atoms with van der Waals surface area (Å²) in [5.41, 5.74) is 2.01. The largest absolute Gasteiger partial charge is 0.467 e. The fraction of sp³-hybridized carbons (Fsp3) is 0.214. The van der Waals surface area contributed by atoms with Gasteiger partial charge in [-0.1, -0.05) is 42.2 Å². The Hall–Kier alpha value is -3.96. The number of carbonyl (C=O) groups excluding carboxylic acids is 1. The van der Waals surface area contributed by atoms with Gasteiger partial charge in [-0.2, -0.15) is 0 Å². The van der Waals surface area contributed by atoms with Gasteiger partial charge in [0.15, 0.2) is 0 Å². The molecule has 1 aromatic carbocycles. The standard InChI is InChI=1S/C28H24FN5O3S2/c1-18-6-4-10-33-24(18)30-25(32-13-11-31(12-14-32)22-9-3-2-8-21(22)29)20(26(33)35)16-23-27(36)34(28(38)39-23)17-19-7-5-15-37-19/h2-10,15-16H,11-14,17H2,1H3/b23-16+. The van der Waals surface area contributed by atoms with Crippen LogP contribution in [0.4, 0.5) is 15.9 Å². The Morgan fingerprint density at radius 1 is 1.05 bits per heavy atom. The highest BCUT2D eigenvalue weighted by Crippen LogP contribution is 2.35. The number of piperazine rings is 1. The number of thioether (sulfide) groups is 1. The maximum Gasteiger partial charge on any atom is 0.267 e. The molecule has 2 aliphatic heterocycles. The van der Waals surface area contributed by atoms with E-state index in [1.807, 2.05) is 28.9 Å². The van der Waals surface area contributed by atoms with Crippen molar-refractivity contribution in [2.45, 2.75) is 13.5 Å². The number of amides is 1. The maximum absolute atomic E-state index is 14.4. The molecular formula is C28H24FN5O3S2. The van der Waals surface area contributed by atoms with Crippen LogP contribution >= 0.6 is 24.0 Å². The monoisotopic (exact) mass is 561 g/mol. The van der Waals surface area contributed by atoms with Gasteiger partial charge < -0.3 is 14.2 Å². The number of hydrogen-bond acceptors (Lipinski definition) is 8. The van der Waals surface area contributed by atoms with Crippen molar-refractivity contribution in [3.05, 3.63) is 99.0 Å². The molecule has 3 aromatic heterocycles. The average molecular weight is 562 g/mol. The van der Waals surface area contributed by atoms with Crippen molar-refractivity contribution in [3.8, 4) is 0 Å². The van der Waals surface area contributed by atoms with Crippen molar-refractivity contribution in [1.82, 2.24) is 14.3 Å². The predicted octanol–water partition coefficient (Wildman–Crippen LogP) is 4.46. The van der Waals surface area contributed by atoms with Gasteiger partial charge in [-0.3, -0.25) is 18.9 Å². The number of rotatable bonds is 5. The topological polar surface area (TPSA) is 74.3 Å². The van der Waals surface area contributed by atoms with Gasteiger partial charge in [0.05, 0.1) is 29.0 Å². The van der Waals surface area contributed by atoms with E-state index in [9.17, 15) is 14.0 Å². The van der Waals surface area contributed by atoms with Crippen LogP contribution in [0.25, 0.3) is 11.7 Å². The summed E-state index contributed by atoms with van der Waals surface area (Å²) < 4.78 is 21.7. The van der Waals surface area contributed by atoms with Crippen LogP contribution in [0.2, 0.25) is 0 Å². The molecule has 0 saturated carbocycles. The number of aryl methyl sites for hydroxylation is 1. The normalized spacial score (nSPS) is 17.2. The minimum atomic E-state index is -0.287. The molecule has 0 aliphatic carbocycles. The molecule has 6 rings (SSSR count). The number of pyridine rings is 1. The molecule has 5 heterocycles. The Morgan fingerprint density at radius 3 is 2.56 bits per heavy atom. The van der Waals surface area contributed by atoms with E-state index in [-0.39, 0.29) is 23.8 Å². The van der Waals surface area contributed by atoms with E-state index in [0.717, 1.165) is 17.3 Å². The first-order chi connectivity index (χ1) is 18.9. The Labute approximate surface area is 233 Å². The molecule has 0 N–H and O–H groups in total. The Kier molecular flexibility index (Phi) is 6.69. The van der Waals surface area contributed by atoms with Gasteiger partial charge in [0.2, 0.25) is 0 Å². The first kappa shape index (κ1) is 25.3. The molecule has 39 heavy (non-hydrogen) atoms. The molecule has 2 aliphatic rings. The third kappa shape index (κ3) is 4.72. The van der Waals surface area contributed by atoms with Crippen LogP contribution in [0.3, 0.4) is 0 Å². The lowest BCUT2D eigenvalue weighted by molar-refractivity contribution is -0.122. The predicted molar refractivity (Wildman–Crippen MR) is 154 cm³/mol. The Morgan fingerprint density at radius 2 is 1.82 bits per heavy atom. The third-order valence-electron chi connectivity index (χ3n) is 6.88. The maximum atomic E-state index is 14.4. The van der Waals surface area contributed by atoms with Gasteiger partial charge >= 0.3 is 0 Å². The average Bonchev–Trinajstić information content (AvgIpc) is 3.55. The van der Waals surface area contributed by atoms with Crippen LogP contribution in [0.5, 0.6) is 0 Å². The van der Waals surface area contributed by atoms with Gasteiger partial charge in [-0.15, -0.1) is 0 Å². The number of thiocarbonyl (C=S) groups is 1. The molecule has 2 saturated heterocycles. The number of benzene rings is 1. The summed E-state index contributed by atoms with van der Waals surface area (Å²) in [5, 5.41) is 0. The van der Waals surface area contributed by atoms with Gasteiger partial charge in [-0.25, -0.2) is 9.37 Å². The fourth-order valence-corrected chi connectivity index (χ4v) is 6.10. The molecule has 8 nitrogen and oxygen atoms in total. The quantitative estimate of drug-likeness (QED) is 0.261. The highest BCUT2D eigenvalue weighted by molar-refractivity contribution is 8.26. The summed E-state index contributed by atoms with van der Waals surface area (Å²) in [5.74, 6) is 0.564. The zero-order valence-electron chi connectivity index (χ0n) is 21.0. The van der Waals surface area contributed by atoms with Crippen LogP contribution in [-0.4, -0.2) is 50.7 Å². The molecule has 0 spiro atoms. The number of furan rings is 1. The SMILES string of the molecule is Cc1cccn2c(=O)c(/C=C3/SC(=S)N(Cc4ccco4)C3=O)c(N3CCN(c4ccccc4F)CC3)nc12. The number of halogens is 1. The van der Waals surface area contributed by atoms with E-state index in [4.69, 9.17) is 21.6 Å². The van der Waals surface area contributed by atoms with E-state index in [2.05, 4.69) is 0 Å². The highest BCUT2D eigenvalue weighted by atomic mass is 32.2. The van der Waals surface area contributed by atoms with E-state index < -0.39 is 0 Å². The van der Waals surface area contributed by atoms with Gasteiger partial charge in [0.25, 0.3) is 11.5 Å². The van der Waals surface area contributed by atoms with E-state index in [1.54, 1.807) is 48.9 Å². The Balaban J connectivity index is 1.37. The number of fused-ring (bicyclic) bond motifs is 1. The van der Waals surface area contributed by atoms with Gasteiger partial charge in [0.1, 0.15) is 27.4 Å². The molecule has 198 valence electrons. The van der Waals surface area contributed by atoms with E-state index >= 15 is 0 Å². The molecular weight excluding hydrogens is 537 g/mol. The molecule has 4 aromatic rings. The van der Waals surface area contributed by atoms with Crippen LogP contribution in [-0.2, 0) is 11.3 Å². The lowest BCUT2D eigenvalue weighted by atomic mass is 10.2. The van der Waals surface area contributed by atoms with Crippen molar-refractivity contribution >= 4 is 57.4 Å². The lowest BCUT2D eigenvalue weighted by Crippen LogP contribution is -2.47. The fourth-order valence-electron chi connectivity index (χ4n) is 4.86. The van der Waals surface area contributed by atoms with Crippen LogP contribution in [0.1, 0.15) is 16.9 Å². The molecule has 1 amide bonds. The van der Waals surface area contributed by atoms with Crippen molar-refractivity contribution in [3.63, 3.8) is 0 Å². The second-order valence-corrected chi connectivity index (χ2v) is 11.0. The van der Waals surface area contributed by atoms with Crippen molar-refractivity contribution in [2.75, 3.05) is 36.0 Å². The summed E-state index contributed by atoms with van der Waals surface area (Å²) in [7, 11) is 0. The number of aromatic nitrogens is 2. The smallest absolute Gasteiger partial charge is 0.267 e. The number of carbonyl (C=O) groups is 1. The number of anilines is 2. The van der Waals surface area contributed by atoms with Crippen molar-refractivity contribution in [2.24, 2.45) is 0 Å². The highest BCUT2D eigenvalue weighted by Gasteiger charge is 2.34. The summed E-state index contributed by atoms with van der Waals surface area (Å²) in [4.78, 5) is 37.9. The molecule has 11 heteroatoms. The zero-order chi connectivity index (χ0) is 27.1. The summed E-state index contributed by atoms with van der Waals surface area (Å²) in [6.45, 7) is 4.29. The molecule has 2 fully saturated rings. The van der Waals surface area contributed by atoms with E-state index in [1.165, 1.54) is 15.4 Å². The second kappa shape index (κ2) is 10.3. The first-order valence-electron chi connectivity index (χ1n) is 12.4. The lowest BCUT2D eigenvalue weighted by Gasteiger charge is -2.37. The van der Waals surface area contributed by atoms with Crippen LogP contribution in [0, 0.1) is 12.7 Å². The number of para-hydroxylation sites is 1. The minimum absolute atomic E-state index is 0.216. The first-order valence-corrected chi connectivity index (χ1v) is 13.7. The zero-order valence-corrected chi connectivity index (χ0v) is 22.7. The molecule has 0 atom stereocenters. The third-order valence-corrected chi connectivity index (χ3v) is 8.26. The number of hydrogen-bond donors (Lipinski definition) is 0. The van der Waals surface area contributed by atoms with Crippen molar-refractivity contribution in [1.29, 1.82) is 0 Å². The molecule has 0 radical (unpaired) electrons. The van der Waals surface area contributed by atoms with Gasteiger partial charge in [-0.05, 0) is 48.9 Å². The Bertz CT molecular complexity index is 1680. The minimum Gasteiger partial charge on any atom is -0.467 e. The molecule has 0 bridgehead atoms. The summed E-state index contributed by atoms with van der Waals surface area (Å²) in [6, 6.07) is 14.0. The van der Waals surface area contributed by atoms with Crippen LogP contribution in [0.15, 0.2) is 75.1 Å². The van der Waals surface area contributed by atoms with Gasteiger partial charge in [0, 0.05) is 32.4 Å². The summed E-state index contributed by atoms with van der Waals surface area (Å²) >= 11 is 6.63. The summed E-state index contributed by atoms with van der Waals surface area (Å²) in [6.07, 6.45) is 4.83. The molecule has 0 unspecified atom stereocenters. The van der Waals surface area contributed by atoms with E-state index in [0.29, 0.717) is 63.9 Å². The van der Waals surface area contributed by atoms with Crippen LogP contribution < -0.4 is 15.4 Å². The second-order valence-electron chi connectivity index (χ2n) is 9.31. The van der Waals surface area contributed by atoms with Crippen molar-refractivity contribution < 1.29 is 13.6 Å². The number of nitrogens with zero attached hydrogens (tertiary/aromatic N) is 5.